The molecule has 82 valence electrons. The second-order valence-corrected chi connectivity index (χ2v) is 4.89. The molecular formula is C10H14N2O2S. The molecule has 0 saturated heterocycles. The van der Waals surface area contributed by atoms with E-state index in [9.17, 15) is 4.79 Å². The Kier molecular flexibility index (Phi) is 2.56. The lowest BCUT2D eigenvalue weighted by Crippen LogP contribution is -2.23. The van der Waals surface area contributed by atoms with Gasteiger partial charge in [-0.2, -0.15) is 0 Å². The van der Waals surface area contributed by atoms with Crippen LogP contribution in [0.1, 0.15) is 23.8 Å². The summed E-state index contributed by atoms with van der Waals surface area (Å²) in [6.07, 6.45) is 2.44. The van der Waals surface area contributed by atoms with Crippen LogP contribution in [0.3, 0.4) is 0 Å². The topological polar surface area (TPSA) is 78.3 Å². The van der Waals surface area contributed by atoms with Gasteiger partial charge in [0.05, 0.1) is 5.69 Å². The summed E-state index contributed by atoms with van der Waals surface area (Å²) in [5.41, 5.74) is 13.5. The van der Waals surface area contributed by atoms with Gasteiger partial charge in [0, 0.05) is 18.2 Å². The van der Waals surface area contributed by atoms with E-state index < -0.39 is 0 Å². The molecule has 1 aromatic rings. The monoisotopic (exact) mass is 226 g/mol. The van der Waals surface area contributed by atoms with Gasteiger partial charge in [0.25, 0.3) is 0 Å². The number of rotatable bonds is 1. The predicted octanol–water partition coefficient (Wildman–Crippen LogP) is 1.33. The van der Waals surface area contributed by atoms with E-state index in [1.807, 2.05) is 0 Å². The van der Waals surface area contributed by atoms with Crippen LogP contribution in [-0.4, -0.2) is 12.1 Å². The Morgan fingerprint density at radius 2 is 2.27 bits per heavy atom. The van der Waals surface area contributed by atoms with Gasteiger partial charge in [-0.3, -0.25) is 4.79 Å². The highest BCUT2D eigenvalue weighted by Crippen LogP contribution is 2.38. The minimum atomic E-state index is -0.221. The van der Waals surface area contributed by atoms with E-state index >= 15 is 0 Å². The van der Waals surface area contributed by atoms with Gasteiger partial charge >= 0.3 is 5.97 Å². The molecule has 1 atom stereocenters. The molecule has 1 heterocycles. The number of hydrogen-bond acceptors (Lipinski definition) is 5. The average Bonchev–Trinajstić information content (AvgIpc) is 2.41. The highest BCUT2D eigenvalue weighted by Gasteiger charge is 2.25. The third kappa shape index (κ3) is 1.92. The Balaban J connectivity index is 2.16. The molecule has 1 aliphatic rings. The van der Waals surface area contributed by atoms with Gasteiger partial charge in [-0.15, -0.1) is 11.3 Å². The zero-order valence-corrected chi connectivity index (χ0v) is 9.39. The molecular weight excluding hydrogens is 212 g/mol. The van der Waals surface area contributed by atoms with Gasteiger partial charge in [-0.1, -0.05) is 0 Å². The normalized spacial score (nSPS) is 19.7. The smallest absolute Gasteiger partial charge is 0.302 e. The Labute approximate surface area is 92.2 Å². The van der Waals surface area contributed by atoms with E-state index in [1.165, 1.54) is 23.1 Å². The Hall–Kier alpha value is -1.23. The molecule has 0 aliphatic heterocycles. The van der Waals surface area contributed by atoms with Crippen molar-refractivity contribution in [2.45, 2.75) is 32.3 Å². The predicted molar refractivity (Wildman–Crippen MR) is 60.7 cm³/mol. The van der Waals surface area contributed by atoms with Gasteiger partial charge in [-0.25, -0.2) is 0 Å². The summed E-state index contributed by atoms with van der Waals surface area (Å²) in [5.74, 6) is -0.221. The molecule has 5 heteroatoms. The average molecular weight is 226 g/mol. The van der Waals surface area contributed by atoms with E-state index in [0.29, 0.717) is 5.00 Å². The van der Waals surface area contributed by atoms with Crippen LogP contribution >= 0.6 is 11.3 Å². The number of ether oxygens (including phenoxy) is 1. The lowest BCUT2D eigenvalue weighted by atomic mass is 9.95. The maximum absolute atomic E-state index is 10.8. The number of esters is 1. The molecule has 0 amide bonds. The number of carbonyl (C=O) groups is 1. The maximum atomic E-state index is 10.8. The van der Waals surface area contributed by atoms with Gasteiger partial charge in [-0.05, 0) is 18.4 Å². The third-order valence-corrected chi connectivity index (χ3v) is 3.72. The largest absolute Gasteiger partial charge is 0.462 e. The van der Waals surface area contributed by atoms with Gasteiger partial charge in [0.1, 0.15) is 11.1 Å². The molecule has 15 heavy (non-hydrogen) atoms. The third-order valence-electron chi connectivity index (χ3n) is 2.62. The van der Waals surface area contributed by atoms with E-state index in [2.05, 4.69) is 0 Å². The molecule has 4 N–H and O–H groups in total. The van der Waals surface area contributed by atoms with Crippen molar-refractivity contribution in [1.82, 2.24) is 0 Å². The van der Waals surface area contributed by atoms with Crippen LogP contribution in [0.25, 0.3) is 0 Å². The Morgan fingerprint density at radius 3 is 2.93 bits per heavy atom. The molecule has 0 bridgehead atoms. The summed E-state index contributed by atoms with van der Waals surface area (Å²) in [7, 11) is 0. The molecule has 1 aliphatic carbocycles. The van der Waals surface area contributed by atoms with Crippen molar-refractivity contribution in [3.8, 4) is 0 Å². The van der Waals surface area contributed by atoms with Crippen LogP contribution in [0.2, 0.25) is 0 Å². The van der Waals surface area contributed by atoms with Crippen LogP contribution in [-0.2, 0) is 22.4 Å². The molecule has 1 aromatic heterocycles. The summed E-state index contributed by atoms with van der Waals surface area (Å²) in [5, 5.41) is 0.684. The SMILES string of the molecule is CC(=O)OC1CCc2c(sc(N)c2N)C1. The first-order valence-electron chi connectivity index (χ1n) is 4.90. The Bertz CT molecular complexity index is 400. The minimum Gasteiger partial charge on any atom is -0.462 e. The second kappa shape index (κ2) is 3.73. The van der Waals surface area contributed by atoms with Crippen molar-refractivity contribution in [2.75, 3.05) is 11.5 Å². The van der Waals surface area contributed by atoms with Gasteiger partial charge < -0.3 is 16.2 Å². The highest BCUT2D eigenvalue weighted by atomic mass is 32.1. The summed E-state index contributed by atoms with van der Waals surface area (Å²) in [6, 6.07) is 0. The molecule has 0 saturated carbocycles. The molecule has 0 aromatic carbocycles. The van der Waals surface area contributed by atoms with Crippen LogP contribution in [0.4, 0.5) is 10.7 Å². The fourth-order valence-electron chi connectivity index (χ4n) is 1.94. The standard InChI is InChI=1S/C10H14N2O2S/c1-5(13)14-6-2-3-7-8(4-6)15-10(12)9(7)11/h6H,2-4,11-12H2,1H3. The first kappa shape index (κ1) is 10.3. The van der Waals surface area contributed by atoms with Crippen LogP contribution in [0.15, 0.2) is 0 Å². The van der Waals surface area contributed by atoms with E-state index in [1.54, 1.807) is 0 Å². The molecule has 0 spiro atoms. The second-order valence-electron chi connectivity index (χ2n) is 3.76. The first-order chi connectivity index (χ1) is 7.08. The fraction of sp³-hybridized carbons (Fsp3) is 0.500. The summed E-state index contributed by atoms with van der Waals surface area (Å²) >= 11 is 1.51. The quantitative estimate of drug-likeness (QED) is 0.708. The van der Waals surface area contributed by atoms with Crippen molar-refractivity contribution in [1.29, 1.82) is 0 Å². The van der Waals surface area contributed by atoms with Crippen molar-refractivity contribution < 1.29 is 9.53 Å². The number of thiophene rings is 1. The van der Waals surface area contributed by atoms with Crippen LogP contribution < -0.4 is 11.5 Å². The van der Waals surface area contributed by atoms with Crippen LogP contribution in [0.5, 0.6) is 0 Å². The lowest BCUT2D eigenvalue weighted by molar-refractivity contribution is -0.146. The van der Waals surface area contributed by atoms with E-state index in [4.69, 9.17) is 16.2 Å². The van der Waals surface area contributed by atoms with Gasteiger partial charge in [0.2, 0.25) is 0 Å². The molecule has 0 radical (unpaired) electrons. The fourth-order valence-corrected chi connectivity index (χ4v) is 3.04. The van der Waals surface area contributed by atoms with Crippen molar-refractivity contribution in [2.24, 2.45) is 0 Å². The molecule has 1 unspecified atom stereocenters. The summed E-state index contributed by atoms with van der Waals surface area (Å²) in [4.78, 5) is 12.0. The molecule has 4 nitrogen and oxygen atoms in total. The molecule has 2 rings (SSSR count). The highest BCUT2D eigenvalue weighted by molar-refractivity contribution is 7.16. The number of fused-ring (bicyclic) bond motifs is 1. The number of anilines is 2. The van der Waals surface area contributed by atoms with E-state index in [0.717, 1.165) is 30.5 Å². The zero-order valence-electron chi connectivity index (χ0n) is 8.58. The van der Waals surface area contributed by atoms with Crippen LogP contribution in [0, 0.1) is 0 Å². The maximum Gasteiger partial charge on any atom is 0.302 e. The summed E-state index contributed by atoms with van der Waals surface area (Å²) in [6.45, 7) is 1.44. The van der Waals surface area contributed by atoms with Crippen molar-refractivity contribution in [3.05, 3.63) is 10.4 Å². The van der Waals surface area contributed by atoms with E-state index in [-0.39, 0.29) is 12.1 Å². The number of nitrogen functional groups attached to an aromatic ring is 2. The van der Waals surface area contributed by atoms with Crippen molar-refractivity contribution >= 4 is 28.0 Å². The Morgan fingerprint density at radius 1 is 1.53 bits per heavy atom. The van der Waals surface area contributed by atoms with Crippen molar-refractivity contribution in [3.63, 3.8) is 0 Å². The summed E-state index contributed by atoms with van der Waals surface area (Å²) < 4.78 is 5.18. The van der Waals surface area contributed by atoms with Gasteiger partial charge in [0.15, 0.2) is 0 Å². The first-order valence-corrected chi connectivity index (χ1v) is 5.72. The lowest BCUT2D eigenvalue weighted by Gasteiger charge is -2.21. The number of hydrogen-bond donors (Lipinski definition) is 2. The minimum absolute atomic E-state index is 0.00699. The zero-order chi connectivity index (χ0) is 11.0. The number of nitrogens with two attached hydrogens (primary N) is 2. The number of carbonyl (C=O) groups excluding carboxylic acids is 1. The molecule has 0 fully saturated rings.